The smallest absolute Gasteiger partial charge is 0.318 e. The lowest BCUT2D eigenvalue weighted by Gasteiger charge is -2.42. The summed E-state index contributed by atoms with van der Waals surface area (Å²) in [5, 5.41) is 3.05. The summed E-state index contributed by atoms with van der Waals surface area (Å²) >= 11 is 0. The van der Waals surface area contributed by atoms with Gasteiger partial charge in [-0.05, 0) is 52.9 Å². The summed E-state index contributed by atoms with van der Waals surface area (Å²) < 4.78 is 0. The van der Waals surface area contributed by atoms with Gasteiger partial charge in [-0.1, -0.05) is 6.42 Å². The Kier molecular flexibility index (Phi) is 4.71. The Morgan fingerprint density at radius 2 is 1.85 bits per heavy atom. The molecule has 0 bridgehead atoms. The number of hydrogen-bond donors (Lipinski definition) is 1. The van der Waals surface area contributed by atoms with Crippen molar-refractivity contribution in [3.05, 3.63) is 0 Å². The highest BCUT2D eigenvalue weighted by Gasteiger charge is 2.38. The van der Waals surface area contributed by atoms with Crippen molar-refractivity contribution < 1.29 is 9.59 Å². The van der Waals surface area contributed by atoms with Crippen LogP contribution in [0.3, 0.4) is 0 Å². The number of nitrogens with zero attached hydrogens (tertiary/aromatic N) is 1. The first-order valence-corrected chi connectivity index (χ1v) is 8.00. The van der Waals surface area contributed by atoms with Crippen molar-refractivity contribution in [2.75, 3.05) is 6.54 Å². The van der Waals surface area contributed by atoms with Crippen LogP contribution in [0.5, 0.6) is 0 Å². The molecule has 1 saturated carbocycles. The Balaban J connectivity index is 2.08. The molecule has 0 radical (unpaired) electrons. The van der Waals surface area contributed by atoms with Crippen LogP contribution in [0, 0.1) is 5.92 Å². The molecule has 2 fully saturated rings. The summed E-state index contributed by atoms with van der Waals surface area (Å²) in [5.74, 6) is 0.450. The molecule has 1 N–H and O–H groups in total. The summed E-state index contributed by atoms with van der Waals surface area (Å²) in [6.07, 6.45) is 6.98. The predicted octanol–water partition coefficient (Wildman–Crippen LogP) is 3.11. The number of carbonyl (C=O) groups is 2. The van der Waals surface area contributed by atoms with Gasteiger partial charge in [-0.25, -0.2) is 4.79 Å². The van der Waals surface area contributed by atoms with Gasteiger partial charge in [0.05, 0.1) is 0 Å². The standard InChI is InChI=1S/C16H28N2O2/c1-16(2,3)17-15(20)18-11-7-6-9-13(18)12-8-4-5-10-14(12)19/h12-13H,4-11H2,1-3H3,(H,17,20). The van der Waals surface area contributed by atoms with Crippen molar-refractivity contribution in [2.45, 2.75) is 77.3 Å². The van der Waals surface area contributed by atoms with Gasteiger partial charge in [-0.15, -0.1) is 0 Å². The third-order valence-corrected chi connectivity index (χ3v) is 4.36. The van der Waals surface area contributed by atoms with Gasteiger partial charge < -0.3 is 10.2 Å². The first kappa shape index (κ1) is 15.3. The summed E-state index contributed by atoms with van der Waals surface area (Å²) in [5.41, 5.74) is -0.227. The molecule has 2 aliphatic rings. The van der Waals surface area contributed by atoms with Gasteiger partial charge in [0.1, 0.15) is 5.78 Å². The molecule has 20 heavy (non-hydrogen) atoms. The minimum Gasteiger partial charge on any atom is -0.333 e. The summed E-state index contributed by atoms with van der Waals surface area (Å²) in [7, 11) is 0. The number of rotatable bonds is 1. The second kappa shape index (κ2) is 6.15. The van der Waals surface area contributed by atoms with E-state index >= 15 is 0 Å². The monoisotopic (exact) mass is 280 g/mol. The van der Waals surface area contributed by atoms with Crippen LogP contribution < -0.4 is 5.32 Å². The zero-order valence-corrected chi connectivity index (χ0v) is 13.1. The number of hydrogen-bond acceptors (Lipinski definition) is 2. The number of Topliss-reactive ketones (excluding diaryl/α,β-unsaturated/α-hetero) is 1. The molecule has 0 aromatic rings. The van der Waals surface area contributed by atoms with E-state index in [0.717, 1.165) is 45.1 Å². The SMILES string of the molecule is CC(C)(C)NC(=O)N1CCCCC1C1CCCCC1=O. The molecule has 2 amide bonds. The van der Waals surface area contributed by atoms with Gasteiger partial charge in [0.15, 0.2) is 0 Å². The minimum absolute atomic E-state index is 0.000531. The summed E-state index contributed by atoms with van der Waals surface area (Å²) in [4.78, 5) is 26.6. The zero-order valence-electron chi connectivity index (χ0n) is 13.1. The molecular weight excluding hydrogens is 252 g/mol. The van der Waals surface area contributed by atoms with Crippen molar-refractivity contribution in [1.29, 1.82) is 0 Å². The van der Waals surface area contributed by atoms with E-state index in [2.05, 4.69) is 5.32 Å². The minimum atomic E-state index is -0.227. The van der Waals surface area contributed by atoms with E-state index in [4.69, 9.17) is 0 Å². The van der Waals surface area contributed by atoms with Crippen molar-refractivity contribution in [2.24, 2.45) is 5.92 Å². The van der Waals surface area contributed by atoms with E-state index in [1.54, 1.807) is 0 Å². The molecule has 2 unspecified atom stereocenters. The van der Waals surface area contributed by atoms with Crippen molar-refractivity contribution in [3.8, 4) is 0 Å². The van der Waals surface area contributed by atoms with Crippen LogP contribution in [0.1, 0.15) is 65.7 Å². The van der Waals surface area contributed by atoms with E-state index < -0.39 is 0 Å². The highest BCUT2D eigenvalue weighted by atomic mass is 16.2. The Bertz CT molecular complexity index is 373. The molecule has 0 aromatic heterocycles. The van der Waals surface area contributed by atoms with Gasteiger partial charge in [-0.2, -0.15) is 0 Å². The van der Waals surface area contributed by atoms with E-state index in [1.165, 1.54) is 0 Å². The number of nitrogens with one attached hydrogen (secondary N) is 1. The number of likely N-dealkylation sites (tertiary alicyclic amines) is 1. The van der Waals surface area contributed by atoms with Crippen LogP contribution in [0.2, 0.25) is 0 Å². The molecule has 4 nitrogen and oxygen atoms in total. The lowest BCUT2D eigenvalue weighted by Crippen LogP contribution is -2.56. The van der Waals surface area contributed by atoms with Crippen molar-refractivity contribution in [3.63, 3.8) is 0 Å². The fraction of sp³-hybridized carbons (Fsp3) is 0.875. The molecule has 2 atom stereocenters. The highest BCUT2D eigenvalue weighted by Crippen LogP contribution is 2.31. The molecule has 0 spiro atoms. The van der Waals surface area contributed by atoms with Crippen LogP contribution in [0.4, 0.5) is 4.79 Å². The number of urea groups is 1. The topological polar surface area (TPSA) is 49.4 Å². The van der Waals surface area contributed by atoms with Crippen LogP contribution in [-0.4, -0.2) is 34.8 Å². The van der Waals surface area contributed by atoms with E-state index in [9.17, 15) is 9.59 Å². The average molecular weight is 280 g/mol. The van der Waals surface area contributed by atoms with E-state index in [-0.39, 0.29) is 23.5 Å². The lowest BCUT2D eigenvalue weighted by atomic mass is 9.79. The number of ketones is 1. The predicted molar refractivity (Wildman–Crippen MR) is 79.6 cm³/mol. The molecule has 0 aromatic carbocycles. The van der Waals surface area contributed by atoms with Gasteiger partial charge in [-0.3, -0.25) is 4.79 Å². The maximum atomic E-state index is 12.5. The largest absolute Gasteiger partial charge is 0.333 e. The molecule has 1 aliphatic heterocycles. The first-order chi connectivity index (χ1) is 9.38. The third kappa shape index (κ3) is 3.74. The Hall–Kier alpha value is -1.06. The third-order valence-electron chi connectivity index (χ3n) is 4.36. The van der Waals surface area contributed by atoms with Crippen LogP contribution in [0.25, 0.3) is 0 Å². The van der Waals surface area contributed by atoms with Crippen molar-refractivity contribution in [1.82, 2.24) is 10.2 Å². The van der Waals surface area contributed by atoms with Crippen LogP contribution in [0.15, 0.2) is 0 Å². The van der Waals surface area contributed by atoms with Gasteiger partial charge in [0.25, 0.3) is 0 Å². The Morgan fingerprint density at radius 3 is 2.50 bits per heavy atom. The molecular formula is C16H28N2O2. The van der Waals surface area contributed by atoms with E-state index in [0.29, 0.717) is 12.2 Å². The van der Waals surface area contributed by atoms with Gasteiger partial charge in [0, 0.05) is 30.5 Å². The van der Waals surface area contributed by atoms with Gasteiger partial charge in [0.2, 0.25) is 0 Å². The normalized spacial score (nSPS) is 28.4. The Morgan fingerprint density at radius 1 is 1.15 bits per heavy atom. The quantitative estimate of drug-likeness (QED) is 0.802. The van der Waals surface area contributed by atoms with Crippen LogP contribution in [-0.2, 0) is 4.79 Å². The summed E-state index contributed by atoms with van der Waals surface area (Å²) in [6.45, 7) is 6.78. The Labute approximate surface area is 122 Å². The fourth-order valence-electron chi connectivity index (χ4n) is 3.44. The molecule has 114 valence electrons. The fourth-order valence-corrected chi connectivity index (χ4v) is 3.44. The van der Waals surface area contributed by atoms with Gasteiger partial charge >= 0.3 is 6.03 Å². The van der Waals surface area contributed by atoms with Crippen LogP contribution >= 0.6 is 0 Å². The molecule has 1 aliphatic carbocycles. The maximum absolute atomic E-state index is 12.5. The van der Waals surface area contributed by atoms with E-state index in [1.807, 2.05) is 25.7 Å². The first-order valence-electron chi connectivity index (χ1n) is 8.00. The zero-order chi connectivity index (χ0) is 14.8. The number of piperidine rings is 1. The molecule has 1 heterocycles. The lowest BCUT2D eigenvalue weighted by molar-refractivity contribution is -0.127. The van der Waals surface area contributed by atoms with Crippen molar-refractivity contribution >= 4 is 11.8 Å². The highest BCUT2D eigenvalue weighted by molar-refractivity contribution is 5.83. The maximum Gasteiger partial charge on any atom is 0.318 e. The number of amides is 2. The molecule has 4 heteroatoms. The second-order valence-electron chi connectivity index (χ2n) is 7.26. The molecule has 1 saturated heterocycles. The molecule has 2 rings (SSSR count). The second-order valence-corrected chi connectivity index (χ2v) is 7.26. The summed E-state index contributed by atoms with van der Waals surface area (Å²) in [6, 6.07) is 0.125. The number of carbonyl (C=O) groups excluding carboxylic acids is 2. The average Bonchev–Trinajstić information content (AvgIpc) is 2.37.